The van der Waals surface area contributed by atoms with Gasteiger partial charge >= 0.3 is 0 Å². The first-order chi connectivity index (χ1) is 13.0. The van der Waals surface area contributed by atoms with Crippen molar-refractivity contribution >= 4 is 44.8 Å². The molecule has 1 aromatic heterocycles. The van der Waals surface area contributed by atoms with Crippen molar-refractivity contribution in [2.24, 2.45) is 0 Å². The minimum atomic E-state index is -0.427. The maximum Gasteiger partial charge on any atom is 0.291 e. The fourth-order valence-electron chi connectivity index (χ4n) is 3.02. The van der Waals surface area contributed by atoms with E-state index in [-0.39, 0.29) is 21.7 Å². The van der Waals surface area contributed by atoms with Crippen LogP contribution in [0.15, 0.2) is 60.4 Å². The molecule has 7 nitrogen and oxygen atoms in total. The summed E-state index contributed by atoms with van der Waals surface area (Å²) in [5, 5.41) is 13.6. The van der Waals surface area contributed by atoms with Crippen LogP contribution >= 0.6 is 11.8 Å². The molecule has 0 spiro atoms. The highest BCUT2D eigenvalue weighted by Crippen LogP contribution is 2.27. The number of nitro benzene ring substituents is 1. The number of thioether (sulfide) groups is 1. The van der Waals surface area contributed by atoms with Crippen LogP contribution in [0.4, 0.5) is 10.5 Å². The van der Waals surface area contributed by atoms with Crippen LogP contribution in [0.2, 0.25) is 0 Å². The van der Waals surface area contributed by atoms with Crippen LogP contribution in [0.25, 0.3) is 17.0 Å². The lowest BCUT2D eigenvalue weighted by atomic mass is 10.1. The number of fused-ring (bicyclic) bond motifs is 1. The molecule has 1 aliphatic heterocycles. The number of nitrogens with zero attached hydrogens (tertiary/aromatic N) is 2. The van der Waals surface area contributed by atoms with Gasteiger partial charge in [0.15, 0.2) is 0 Å². The highest BCUT2D eigenvalue weighted by molar-refractivity contribution is 8.27. The smallest absolute Gasteiger partial charge is 0.291 e. The van der Waals surface area contributed by atoms with Crippen molar-refractivity contribution in [1.82, 2.24) is 9.88 Å². The van der Waals surface area contributed by atoms with Gasteiger partial charge in [0.1, 0.15) is 0 Å². The molecule has 3 aromatic rings. The molecular weight excluding hydrogens is 366 g/mol. The molecule has 1 aliphatic rings. The summed E-state index contributed by atoms with van der Waals surface area (Å²) < 4.78 is 2.01. The summed E-state index contributed by atoms with van der Waals surface area (Å²) in [6.45, 7) is 0.525. The Labute approximate surface area is 157 Å². The molecule has 1 amide bonds. The molecule has 4 rings (SSSR count). The average Bonchev–Trinajstić information content (AvgIpc) is 3.15. The number of carbonyl (C=O) groups excluding carboxylic acids is 2. The molecule has 0 atom stereocenters. The molecule has 1 fully saturated rings. The Morgan fingerprint density at radius 3 is 2.52 bits per heavy atom. The third kappa shape index (κ3) is 3.34. The number of non-ortho nitro benzene ring substituents is 1. The van der Waals surface area contributed by atoms with E-state index in [0.29, 0.717) is 18.3 Å². The number of hydrogen-bond donors (Lipinski definition) is 1. The van der Waals surface area contributed by atoms with Gasteiger partial charge in [-0.05, 0) is 17.7 Å². The number of nitrogens with one attached hydrogen (secondary N) is 1. The molecule has 0 saturated carbocycles. The number of amides is 1. The monoisotopic (exact) mass is 379 g/mol. The fourth-order valence-corrected chi connectivity index (χ4v) is 3.57. The number of carbonyl (C=O) groups is 2. The predicted octanol–water partition coefficient (Wildman–Crippen LogP) is 3.92. The zero-order valence-corrected chi connectivity index (χ0v) is 14.7. The van der Waals surface area contributed by atoms with Gasteiger partial charge in [-0.25, -0.2) is 0 Å². The van der Waals surface area contributed by atoms with Crippen LogP contribution in [-0.4, -0.2) is 19.8 Å². The fraction of sp³-hybridized carbons (Fsp3) is 0.0526. The van der Waals surface area contributed by atoms with Gasteiger partial charge in [0.25, 0.3) is 10.9 Å². The summed E-state index contributed by atoms with van der Waals surface area (Å²) in [7, 11) is 0. The van der Waals surface area contributed by atoms with Gasteiger partial charge in [-0.15, -0.1) is 0 Å². The minimum Gasteiger partial charge on any atom is -0.342 e. The summed E-state index contributed by atoms with van der Waals surface area (Å²) in [6.07, 6.45) is 3.58. The summed E-state index contributed by atoms with van der Waals surface area (Å²) >= 11 is 0.647. The second kappa shape index (κ2) is 6.73. The average molecular weight is 379 g/mol. The number of nitro groups is 1. The third-order valence-corrected chi connectivity index (χ3v) is 4.95. The second-order valence-corrected chi connectivity index (χ2v) is 6.96. The molecule has 134 valence electrons. The van der Waals surface area contributed by atoms with Gasteiger partial charge in [-0.3, -0.25) is 19.7 Å². The molecule has 0 radical (unpaired) electrons. The minimum absolute atomic E-state index is 0.0505. The van der Waals surface area contributed by atoms with E-state index in [4.69, 9.17) is 0 Å². The molecule has 27 heavy (non-hydrogen) atoms. The molecule has 1 N–H and O–H groups in total. The lowest BCUT2D eigenvalue weighted by Crippen LogP contribution is -2.10. The largest absolute Gasteiger partial charge is 0.342 e. The van der Waals surface area contributed by atoms with Crippen LogP contribution in [0.1, 0.15) is 11.1 Å². The Kier molecular flexibility index (Phi) is 4.25. The first-order valence-electron chi connectivity index (χ1n) is 8.07. The lowest BCUT2D eigenvalue weighted by molar-refractivity contribution is -0.384. The van der Waals surface area contributed by atoms with Gasteiger partial charge < -0.3 is 9.88 Å². The summed E-state index contributed by atoms with van der Waals surface area (Å²) in [5.41, 5.74) is 3.02. The van der Waals surface area contributed by atoms with Crippen molar-refractivity contribution in [3.63, 3.8) is 0 Å². The maximum atomic E-state index is 11.9. The van der Waals surface area contributed by atoms with Crippen LogP contribution in [0, 0.1) is 10.1 Å². The zero-order chi connectivity index (χ0) is 19.0. The number of aromatic nitrogens is 1. The molecule has 0 aliphatic carbocycles. The molecule has 2 heterocycles. The Morgan fingerprint density at radius 1 is 1.11 bits per heavy atom. The number of benzene rings is 2. The van der Waals surface area contributed by atoms with Crippen molar-refractivity contribution in [1.29, 1.82) is 0 Å². The van der Waals surface area contributed by atoms with Crippen LogP contribution in [0.5, 0.6) is 0 Å². The molecule has 8 heteroatoms. The second-order valence-electron chi connectivity index (χ2n) is 6.01. The van der Waals surface area contributed by atoms with E-state index in [1.54, 1.807) is 18.2 Å². The summed E-state index contributed by atoms with van der Waals surface area (Å²) in [6, 6.07) is 14.1. The van der Waals surface area contributed by atoms with Gasteiger partial charge in [0.2, 0.25) is 5.12 Å². The summed E-state index contributed by atoms with van der Waals surface area (Å²) in [4.78, 5) is 33.6. The van der Waals surface area contributed by atoms with Crippen molar-refractivity contribution in [3.05, 3.63) is 81.7 Å². The SMILES string of the molecule is O=C1NC(=Cc2cn(Cc3ccc([N+](=O)[O-])cc3)c3ccccc23)C(=O)S1. The maximum absolute atomic E-state index is 11.9. The van der Waals surface area contributed by atoms with E-state index in [1.807, 2.05) is 35.0 Å². The molecule has 0 bridgehead atoms. The van der Waals surface area contributed by atoms with Gasteiger partial charge in [0.05, 0.1) is 10.6 Å². The van der Waals surface area contributed by atoms with E-state index in [0.717, 1.165) is 22.0 Å². The topological polar surface area (TPSA) is 94.2 Å². The first kappa shape index (κ1) is 17.0. The quantitative estimate of drug-likeness (QED) is 0.421. The van der Waals surface area contributed by atoms with Crippen molar-refractivity contribution in [2.75, 3.05) is 0 Å². The van der Waals surface area contributed by atoms with Crippen LogP contribution < -0.4 is 5.32 Å². The highest BCUT2D eigenvalue weighted by atomic mass is 32.2. The Morgan fingerprint density at radius 2 is 1.85 bits per heavy atom. The summed E-state index contributed by atoms with van der Waals surface area (Å²) in [5.74, 6) is 0. The van der Waals surface area contributed by atoms with E-state index in [1.165, 1.54) is 12.1 Å². The third-order valence-electron chi connectivity index (χ3n) is 4.26. The highest BCUT2D eigenvalue weighted by Gasteiger charge is 2.25. The van der Waals surface area contributed by atoms with Crippen LogP contribution in [0.3, 0.4) is 0 Å². The van der Waals surface area contributed by atoms with E-state index in [2.05, 4.69) is 5.32 Å². The van der Waals surface area contributed by atoms with Gasteiger partial charge in [-0.1, -0.05) is 30.3 Å². The van der Waals surface area contributed by atoms with Gasteiger partial charge in [-0.2, -0.15) is 0 Å². The standard InChI is InChI=1S/C19H13N3O4S/c23-18-16(20-19(24)27-18)9-13-11-21(17-4-2-1-3-15(13)17)10-12-5-7-14(8-6-12)22(25)26/h1-9,11H,10H2,(H,20,24). The predicted molar refractivity (Wildman–Crippen MR) is 103 cm³/mol. The van der Waals surface area contributed by atoms with Crippen molar-refractivity contribution in [3.8, 4) is 0 Å². The Bertz CT molecular complexity index is 1120. The lowest BCUT2D eigenvalue weighted by Gasteiger charge is -2.05. The Balaban J connectivity index is 1.72. The first-order valence-corrected chi connectivity index (χ1v) is 8.89. The molecule has 1 saturated heterocycles. The number of hydrogen-bond acceptors (Lipinski definition) is 5. The Hall–Kier alpha value is -3.39. The zero-order valence-electron chi connectivity index (χ0n) is 13.9. The van der Waals surface area contributed by atoms with Gasteiger partial charge in [0, 0.05) is 53.1 Å². The van der Waals surface area contributed by atoms with Crippen LogP contribution in [-0.2, 0) is 11.3 Å². The van der Waals surface area contributed by atoms with E-state index >= 15 is 0 Å². The van der Waals surface area contributed by atoms with E-state index < -0.39 is 4.92 Å². The molecule has 0 unspecified atom stereocenters. The molecular formula is C19H13N3O4S. The number of para-hydroxylation sites is 1. The van der Waals surface area contributed by atoms with Crippen molar-refractivity contribution < 1.29 is 14.5 Å². The van der Waals surface area contributed by atoms with Crippen molar-refractivity contribution in [2.45, 2.75) is 6.54 Å². The van der Waals surface area contributed by atoms with E-state index in [9.17, 15) is 19.7 Å². The number of rotatable bonds is 4. The molecule has 2 aromatic carbocycles. The normalized spacial score (nSPS) is 15.5.